The first-order valence-electron chi connectivity index (χ1n) is 7.53. The quantitative estimate of drug-likeness (QED) is 0.878. The van der Waals surface area contributed by atoms with E-state index in [-0.39, 0.29) is 18.4 Å². The second-order valence-electron chi connectivity index (χ2n) is 5.55. The van der Waals surface area contributed by atoms with Crippen LogP contribution >= 0.6 is 11.6 Å². The van der Waals surface area contributed by atoms with Crippen molar-refractivity contribution in [3.8, 4) is 0 Å². The summed E-state index contributed by atoms with van der Waals surface area (Å²) in [5, 5.41) is 13.7. The summed E-state index contributed by atoms with van der Waals surface area (Å²) in [7, 11) is 0. The third kappa shape index (κ3) is 4.99. The minimum Gasteiger partial charge on any atom is -0.388 e. The molecule has 1 aromatic rings. The Balaban J connectivity index is 1.78. The number of piperidine rings is 1. The number of aliphatic hydroxyl groups is 1. The first-order valence-corrected chi connectivity index (χ1v) is 7.91. The van der Waals surface area contributed by atoms with Gasteiger partial charge in [-0.05, 0) is 37.1 Å². The van der Waals surface area contributed by atoms with E-state index >= 15 is 0 Å². The maximum absolute atomic E-state index is 12.0. The Morgan fingerprint density at radius 1 is 1.38 bits per heavy atom. The molecule has 0 saturated carbocycles. The zero-order valence-corrected chi connectivity index (χ0v) is 13.1. The predicted molar refractivity (Wildman–Crippen MR) is 84.3 cm³/mol. The maximum atomic E-state index is 12.0. The number of carbonyl (C=O) groups is 1. The van der Waals surface area contributed by atoms with Crippen LogP contribution < -0.4 is 5.32 Å². The number of rotatable bonds is 5. The van der Waals surface area contributed by atoms with Crippen LogP contribution in [0, 0.1) is 0 Å². The van der Waals surface area contributed by atoms with Gasteiger partial charge in [0, 0.05) is 24.2 Å². The second kappa shape index (κ2) is 7.78. The summed E-state index contributed by atoms with van der Waals surface area (Å²) < 4.78 is 0. The minimum atomic E-state index is -0.780. The smallest absolute Gasteiger partial charge is 0.223 e. The molecule has 1 saturated heterocycles. The number of benzene rings is 1. The van der Waals surface area contributed by atoms with Gasteiger partial charge >= 0.3 is 0 Å². The Morgan fingerprint density at radius 3 is 2.57 bits per heavy atom. The average Bonchev–Trinajstić information content (AvgIpc) is 2.48. The van der Waals surface area contributed by atoms with Crippen molar-refractivity contribution in [3.05, 3.63) is 34.9 Å². The first kappa shape index (κ1) is 16.3. The normalized spacial score (nSPS) is 18.4. The van der Waals surface area contributed by atoms with Gasteiger partial charge in [0.25, 0.3) is 0 Å². The third-order valence-electron chi connectivity index (χ3n) is 4.03. The molecule has 5 heteroatoms. The number of carbonyl (C=O) groups excluding carboxylic acids is 1. The van der Waals surface area contributed by atoms with Crippen molar-refractivity contribution in [2.24, 2.45) is 0 Å². The van der Waals surface area contributed by atoms with E-state index < -0.39 is 6.10 Å². The monoisotopic (exact) mass is 310 g/mol. The molecule has 0 spiro atoms. The van der Waals surface area contributed by atoms with Gasteiger partial charge in [-0.3, -0.25) is 4.79 Å². The summed E-state index contributed by atoms with van der Waals surface area (Å²) in [5.74, 6) is -0.0904. The minimum absolute atomic E-state index is 0.0904. The number of halogens is 1. The average molecular weight is 311 g/mol. The Hall–Kier alpha value is -1.10. The molecular weight excluding hydrogens is 288 g/mol. The van der Waals surface area contributed by atoms with Crippen molar-refractivity contribution in [1.82, 2.24) is 10.2 Å². The zero-order chi connectivity index (χ0) is 15.2. The molecule has 21 heavy (non-hydrogen) atoms. The van der Waals surface area contributed by atoms with E-state index in [1.807, 2.05) is 0 Å². The van der Waals surface area contributed by atoms with Crippen LogP contribution in [0.1, 0.15) is 37.9 Å². The molecule has 1 amide bonds. The van der Waals surface area contributed by atoms with E-state index in [1.54, 1.807) is 24.3 Å². The lowest BCUT2D eigenvalue weighted by Crippen LogP contribution is -2.44. The summed E-state index contributed by atoms with van der Waals surface area (Å²) in [6.45, 7) is 5.28. The summed E-state index contributed by atoms with van der Waals surface area (Å²) in [6, 6.07) is 7.18. The topological polar surface area (TPSA) is 52.6 Å². The summed E-state index contributed by atoms with van der Waals surface area (Å²) in [5.41, 5.74) is 0.718. The molecule has 1 heterocycles. The number of aliphatic hydroxyl groups excluding tert-OH is 1. The largest absolute Gasteiger partial charge is 0.388 e. The van der Waals surface area contributed by atoms with Crippen LogP contribution in [0.15, 0.2) is 24.3 Å². The highest BCUT2D eigenvalue weighted by atomic mass is 35.5. The molecule has 0 aliphatic carbocycles. The van der Waals surface area contributed by atoms with Gasteiger partial charge in [0.15, 0.2) is 0 Å². The maximum Gasteiger partial charge on any atom is 0.223 e. The van der Waals surface area contributed by atoms with Gasteiger partial charge in [0.1, 0.15) is 0 Å². The molecule has 116 valence electrons. The van der Waals surface area contributed by atoms with E-state index in [2.05, 4.69) is 17.1 Å². The second-order valence-corrected chi connectivity index (χ2v) is 5.98. The highest BCUT2D eigenvalue weighted by molar-refractivity contribution is 6.30. The molecule has 4 nitrogen and oxygen atoms in total. The zero-order valence-electron chi connectivity index (χ0n) is 12.4. The molecule has 0 radical (unpaired) electrons. The standard InChI is InChI=1S/C16H23ClN2O2/c1-2-19-9-7-14(8-10-19)18-16(21)11-15(20)12-3-5-13(17)6-4-12/h3-6,14-15,20H,2,7-11H2,1H3,(H,18,21). The van der Waals surface area contributed by atoms with Crippen LogP contribution in [-0.2, 0) is 4.79 Å². The van der Waals surface area contributed by atoms with Gasteiger partial charge in [0.2, 0.25) is 5.91 Å². The van der Waals surface area contributed by atoms with Gasteiger partial charge in [-0.2, -0.15) is 0 Å². The summed E-state index contributed by atoms with van der Waals surface area (Å²) >= 11 is 5.81. The lowest BCUT2D eigenvalue weighted by molar-refractivity contribution is -0.124. The molecule has 1 atom stereocenters. The number of likely N-dealkylation sites (tertiary alicyclic amines) is 1. The Morgan fingerprint density at radius 2 is 2.00 bits per heavy atom. The molecule has 2 N–H and O–H groups in total. The number of nitrogens with one attached hydrogen (secondary N) is 1. The van der Waals surface area contributed by atoms with Crippen molar-refractivity contribution in [2.45, 2.75) is 38.3 Å². The first-order chi connectivity index (χ1) is 10.1. The van der Waals surface area contributed by atoms with Crippen LogP contribution in [0.4, 0.5) is 0 Å². The van der Waals surface area contributed by atoms with Crippen LogP contribution in [0.25, 0.3) is 0 Å². The highest BCUT2D eigenvalue weighted by Gasteiger charge is 2.21. The Kier molecular flexibility index (Phi) is 6.03. The van der Waals surface area contributed by atoms with Crippen LogP contribution in [0.5, 0.6) is 0 Å². The van der Waals surface area contributed by atoms with E-state index in [4.69, 9.17) is 11.6 Å². The van der Waals surface area contributed by atoms with Crippen molar-refractivity contribution in [2.75, 3.05) is 19.6 Å². The molecule has 1 unspecified atom stereocenters. The van der Waals surface area contributed by atoms with E-state index in [0.29, 0.717) is 5.02 Å². The highest BCUT2D eigenvalue weighted by Crippen LogP contribution is 2.19. The van der Waals surface area contributed by atoms with Crippen molar-refractivity contribution in [3.63, 3.8) is 0 Å². The van der Waals surface area contributed by atoms with E-state index in [1.165, 1.54) is 0 Å². The molecule has 1 aromatic carbocycles. The Labute approximate surface area is 131 Å². The molecule has 1 fully saturated rings. The molecule has 0 aromatic heterocycles. The number of amides is 1. The molecule has 2 rings (SSSR count). The van der Waals surface area contributed by atoms with Gasteiger partial charge in [-0.15, -0.1) is 0 Å². The molecule has 1 aliphatic heterocycles. The Bertz CT molecular complexity index is 456. The fourth-order valence-corrected chi connectivity index (χ4v) is 2.78. The van der Waals surface area contributed by atoms with Gasteiger partial charge in [-0.1, -0.05) is 30.7 Å². The lowest BCUT2D eigenvalue weighted by Gasteiger charge is -2.31. The number of hydrogen-bond acceptors (Lipinski definition) is 3. The van der Waals surface area contributed by atoms with Gasteiger partial charge < -0.3 is 15.3 Å². The van der Waals surface area contributed by atoms with Gasteiger partial charge in [-0.25, -0.2) is 0 Å². The number of nitrogens with zero attached hydrogens (tertiary/aromatic N) is 1. The van der Waals surface area contributed by atoms with Crippen molar-refractivity contribution < 1.29 is 9.90 Å². The van der Waals surface area contributed by atoms with Gasteiger partial charge in [0.05, 0.1) is 12.5 Å². The fraction of sp³-hybridized carbons (Fsp3) is 0.562. The predicted octanol–water partition coefficient (Wildman–Crippen LogP) is 2.36. The summed E-state index contributed by atoms with van der Waals surface area (Å²) in [4.78, 5) is 14.4. The molecule has 0 bridgehead atoms. The van der Waals surface area contributed by atoms with Crippen molar-refractivity contribution in [1.29, 1.82) is 0 Å². The lowest BCUT2D eigenvalue weighted by atomic mass is 10.0. The SMILES string of the molecule is CCN1CCC(NC(=O)CC(O)c2ccc(Cl)cc2)CC1. The molecular formula is C16H23ClN2O2. The number of hydrogen-bond donors (Lipinski definition) is 2. The van der Waals surface area contributed by atoms with Crippen molar-refractivity contribution >= 4 is 17.5 Å². The van der Waals surface area contributed by atoms with Crippen LogP contribution in [0.3, 0.4) is 0 Å². The van der Waals surface area contributed by atoms with E-state index in [9.17, 15) is 9.90 Å². The van der Waals surface area contributed by atoms with Crippen LogP contribution in [-0.4, -0.2) is 41.6 Å². The third-order valence-corrected chi connectivity index (χ3v) is 4.29. The van der Waals surface area contributed by atoms with Crippen LogP contribution in [0.2, 0.25) is 5.02 Å². The molecule has 1 aliphatic rings. The summed E-state index contributed by atoms with van der Waals surface area (Å²) in [6.07, 6.45) is 1.28. The fourth-order valence-electron chi connectivity index (χ4n) is 2.66. The van der Waals surface area contributed by atoms with E-state index in [0.717, 1.165) is 38.0 Å².